The van der Waals surface area contributed by atoms with Gasteiger partial charge in [-0.05, 0) is 48.4 Å². The van der Waals surface area contributed by atoms with Crippen LogP contribution in [0.25, 0.3) is 0 Å². The first-order chi connectivity index (χ1) is 10.2. The Balaban J connectivity index is 1.93. The average Bonchev–Trinajstić information content (AvgIpc) is 2.50. The van der Waals surface area contributed by atoms with Crippen LogP contribution in [0.5, 0.6) is 0 Å². The van der Waals surface area contributed by atoms with Crippen LogP contribution < -0.4 is 10.2 Å². The van der Waals surface area contributed by atoms with E-state index in [1.807, 2.05) is 12.1 Å². The van der Waals surface area contributed by atoms with E-state index >= 15 is 0 Å². The van der Waals surface area contributed by atoms with Gasteiger partial charge in [-0.1, -0.05) is 42.8 Å². The predicted molar refractivity (Wildman–Crippen MR) is 92.0 cm³/mol. The van der Waals surface area contributed by atoms with Crippen molar-refractivity contribution in [2.45, 2.75) is 26.4 Å². The SMILES string of the molecule is CCCNCc1ccc(N(C)Cc2ccc(Cl)cc2)cc1. The number of benzene rings is 2. The molecule has 0 aromatic heterocycles. The van der Waals surface area contributed by atoms with E-state index in [9.17, 15) is 0 Å². The van der Waals surface area contributed by atoms with Crippen molar-refractivity contribution < 1.29 is 0 Å². The maximum Gasteiger partial charge on any atom is 0.0426 e. The highest BCUT2D eigenvalue weighted by Gasteiger charge is 2.02. The summed E-state index contributed by atoms with van der Waals surface area (Å²) in [5, 5.41) is 4.20. The number of nitrogens with one attached hydrogen (secondary N) is 1. The van der Waals surface area contributed by atoms with Gasteiger partial charge in [-0.2, -0.15) is 0 Å². The summed E-state index contributed by atoms with van der Waals surface area (Å²) < 4.78 is 0. The van der Waals surface area contributed by atoms with Gasteiger partial charge in [0.1, 0.15) is 0 Å². The molecule has 0 atom stereocenters. The summed E-state index contributed by atoms with van der Waals surface area (Å²) in [4.78, 5) is 2.24. The van der Waals surface area contributed by atoms with Crippen molar-refractivity contribution in [3.05, 3.63) is 64.7 Å². The Hall–Kier alpha value is -1.51. The van der Waals surface area contributed by atoms with E-state index in [2.05, 4.69) is 60.6 Å². The molecule has 2 aromatic rings. The molecule has 2 nitrogen and oxygen atoms in total. The molecular weight excluding hydrogens is 280 g/mol. The summed E-state index contributed by atoms with van der Waals surface area (Å²) in [6.45, 7) is 5.07. The first-order valence-corrected chi connectivity index (χ1v) is 7.82. The van der Waals surface area contributed by atoms with E-state index in [4.69, 9.17) is 11.6 Å². The molecule has 0 spiro atoms. The predicted octanol–water partition coefficient (Wildman–Crippen LogP) is 4.48. The molecule has 2 rings (SSSR count). The van der Waals surface area contributed by atoms with Crippen LogP contribution in [-0.2, 0) is 13.1 Å². The van der Waals surface area contributed by atoms with E-state index in [-0.39, 0.29) is 0 Å². The molecular formula is C18H23ClN2. The second-order valence-corrected chi connectivity index (χ2v) is 5.76. The van der Waals surface area contributed by atoms with Crippen LogP contribution in [0, 0.1) is 0 Å². The highest BCUT2D eigenvalue weighted by molar-refractivity contribution is 6.30. The van der Waals surface area contributed by atoms with Crippen LogP contribution in [0.3, 0.4) is 0 Å². The van der Waals surface area contributed by atoms with Crippen molar-refractivity contribution >= 4 is 17.3 Å². The lowest BCUT2D eigenvalue weighted by Gasteiger charge is -2.20. The molecule has 3 heteroatoms. The smallest absolute Gasteiger partial charge is 0.0426 e. The summed E-state index contributed by atoms with van der Waals surface area (Å²) >= 11 is 5.92. The lowest BCUT2D eigenvalue weighted by molar-refractivity contribution is 0.675. The zero-order valence-electron chi connectivity index (χ0n) is 12.8. The standard InChI is InChI=1S/C18H23ClN2/c1-3-12-20-13-15-6-10-18(11-7-15)21(2)14-16-4-8-17(19)9-5-16/h4-11,20H,3,12-14H2,1-2H3. The largest absolute Gasteiger partial charge is 0.370 e. The monoisotopic (exact) mass is 302 g/mol. The molecule has 0 aliphatic carbocycles. The fourth-order valence-electron chi connectivity index (χ4n) is 2.23. The third-order valence-electron chi connectivity index (χ3n) is 3.47. The minimum atomic E-state index is 0.783. The van der Waals surface area contributed by atoms with Crippen LogP contribution in [0.4, 0.5) is 5.69 Å². The van der Waals surface area contributed by atoms with Crippen molar-refractivity contribution in [3.63, 3.8) is 0 Å². The Morgan fingerprint density at radius 2 is 1.57 bits per heavy atom. The summed E-state index contributed by atoms with van der Waals surface area (Å²) in [6, 6.07) is 16.8. The minimum Gasteiger partial charge on any atom is -0.370 e. The van der Waals surface area contributed by atoms with Gasteiger partial charge in [0.25, 0.3) is 0 Å². The molecule has 0 saturated heterocycles. The first-order valence-electron chi connectivity index (χ1n) is 7.44. The number of hydrogen-bond acceptors (Lipinski definition) is 2. The van der Waals surface area contributed by atoms with Gasteiger partial charge in [0.15, 0.2) is 0 Å². The van der Waals surface area contributed by atoms with E-state index < -0.39 is 0 Å². The van der Waals surface area contributed by atoms with Gasteiger partial charge in [0.2, 0.25) is 0 Å². The summed E-state index contributed by atoms with van der Waals surface area (Å²) in [6.07, 6.45) is 1.17. The summed E-state index contributed by atoms with van der Waals surface area (Å²) in [7, 11) is 2.11. The van der Waals surface area contributed by atoms with Gasteiger partial charge < -0.3 is 10.2 Å². The quantitative estimate of drug-likeness (QED) is 0.759. The van der Waals surface area contributed by atoms with Gasteiger partial charge >= 0.3 is 0 Å². The number of anilines is 1. The van der Waals surface area contributed by atoms with Crippen molar-refractivity contribution in [1.29, 1.82) is 0 Å². The van der Waals surface area contributed by atoms with Crippen molar-refractivity contribution in [1.82, 2.24) is 5.32 Å². The second kappa shape index (κ2) is 8.06. The van der Waals surface area contributed by atoms with E-state index in [1.54, 1.807) is 0 Å². The van der Waals surface area contributed by atoms with E-state index in [0.29, 0.717) is 0 Å². The Kier molecular flexibility index (Phi) is 6.09. The van der Waals surface area contributed by atoms with E-state index in [1.165, 1.54) is 23.2 Å². The second-order valence-electron chi connectivity index (χ2n) is 5.33. The van der Waals surface area contributed by atoms with E-state index in [0.717, 1.165) is 24.7 Å². The Labute approximate surface area is 132 Å². The van der Waals surface area contributed by atoms with Crippen LogP contribution in [0.1, 0.15) is 24.5 Å². The lowest BCUT2D eigenvalue weighted by Crippen LogP contribution is -2.17. The zero-order chi connectivity index (χ0) is 15.1. The van der Waals surface area contributed by atoms with Gasteiger partial charge in [0, 0.05) is 30.8 Å². The molecule has 112 valence electrons. The molecule has 0 aliphatic rings. The minimum absolute atomic E-state index is 0.783. The molecule has 1 N–H and O–H groups in total. The molecule has 0 saturated carbocycles. The van der Waals surface area contributed by atoms with Gasteiger partial charge in [-0.15, -0.1) is 0 Å². The summed E-state index contributed by atoms with van der Waals surface area (Å²) in [5.74, 6) is 0. The van der Waals surface area contributed by atoms with Crippen molar-refractivity contribution in [3.8, 4) is 0 Å². The molecule has 0 amide bonds. The number of nitrogens with zero attached hydrogens (tertiary/aromatic N) is 1. The fraction of sp³-hybridized carbons (Fsp3) is 0.333. The number of halogens is 1. The molecule has 21 heavy (non-hydrogen) atoms. The van der Waals surface area contributed by atoms with Crippen molar-refractivity contribution in [2.24, 2.45) is 0 Å². The topological polar surface area (TPSA) is 15.3 Å². The third kappa shape index (κ3) is 5.07. The number of hydrogen-bond donors (Lipinski definition) is 1. The van der Waals surface area contributed by atoms with Crippen LogP contribution in [0.15, 0.2) is 48.5 Å². The molecule has 2 aromatic carbocycles. The summed E-state index contributed by atoms with van der Waals surface area (Å²) in [5.41, 5.74) is 3.81. The fourth-order valence-corrected chi connectivity index (χ4v) is 2.36. The van der Waals surface area contributed by atoms with Crippen LogP contribution in [0.2, 0.25) is 5.02 Å². The lowest BCUT2D eigenvalue weighted by atomic mass is 10.1. The maximum absolute atomic E-state index is 5.92. The molecule has 0 radical (unpaired) electrons. The Bertz CT molecular complexity index is 534. The van der Waals surface area contributed by atoms with Gasteiger partial charge in [-0.25, -0.2) is 0 Å². The maximum atomic E-state index is 5.92. The zero-order valence-corrected chi connectivity index (χ0v) is 13.5. The normalized spacial score (nSPS) is 10.6. The molecule has 0 unspecified atom stereocenters. The third-order valence-corrected chi connectivity index (χ3v) is 3.72. The molecule has 0 fully saturated rings. The number of rotatable bonds is 7. The highest BCUT2D eigenvalue weighted by atomic mass is 35.5. The molecule has 0 heterocycles. The average molecular weight is 303 g/mol. The van der Waals surface area contributed by atoms with Gasteiger partial charge in [0.05, 0.1) is 0 Å². The van der Waals surface area contributed by atoms with Gasteiger partial charge in [-0.3, -0.25) is 0 Å². The van der Waals surface area contributed by atoms with Crippen LogP contribution in [-0.4, -0.2) is 13.6 Å². The molecule has 0 bridgehead atoms. The van der Waals surface area contributed by atoms with Crippen molar-refractivity contribution in [2.75, 3.05) is 18.5 Å². The highest BCUT2D eigenvalue weighted by Crippen LogP contribution is 2.17. The Morgan fingerprint density at radius 3 is 2.19 bits per heavy atom. The Morgan fingerprint density at radius 1 is 0.952 bits per heavy atom. The first kappa shape index (κ1) is 15.9. The molecule has 0 aliphatic heterocycles. The van der Waals surface area contributed by atoms with Crippen LogP contribution >= 0.6 is 11.6 Å².